The van der Waals surface area contributed by atoms with E-state index in [4.69, 9.17) is 9.47 Å². The van der Waals surface area contributed by atoms with Crippen molar-refractivity contribution < 1.29 is 24.2 Å². The van der Waals surface area contributed by atoms with E-state index in [2.05, 4.69) is 0 Å². The number of nitrogens with zero attached hydrogens (tertiary/aromatic N) is 1. The predicted octanol–water partition coefficient (Wildman–Crippen LogP) is 5.73. The summed E-state index contributed by atoms with van der Waals surface area (Å²) in [5.74, 6) is -0.461. The van der Waals surface area contributed by atoms with E-state index >= 15 is 0 Å². The number of benzene rings is 3. The summed E-state index contributed by atoms with van der Waals surface area (Å²) in [6, 6.07) is 19.1. The molecule has 1 saturated heterocycles. The van der Waals surface area contributed by atoms with Crippen LogP contribution in [0.3, 0.4) is 0 Å². The average molecular weight is 472 g/mol. The normalized spacial score (nSPS) is 17.0. The van der Waals surface area contributed by atoms with Gasteiger partial charge in [-0.1, -0.05) is 42.8 Å². The van der Waals surface area contributed by atoms with Crippen molar-refractivity contribution in [3.8, 4) is 11.5 Å². The number of aliphatic hydroxyl groups is 1. The lowest BCUT2D eigenvalue weighted by molar-refractivity contribution is -0.132. The van der Waals surface area contributed by atoms with Crippen LogP contribution in [0.1, 0.15) is 41.6 Å². The van der Waals surface area contributed by atoms with Gasteiger partial charge in [0.1, 0.15) is 17.3 Å². The molecule has 4 rings (SSSR count). The molecule has 1 amide bonds. The second-order valence-corrected chi connectivity index (χ2v) is 8.61. The molecule has 0 aliphatic carbocycles. The number of amides is 1. The summed E-state index contributed by atoms with van der Waals surface area (Å²) in [6.45, 7) is 6.32. The summed E-state index contributed by atoms with van der Waals surface area (Å²) in [5, 5.41) is 11.4. The van der Waals surface area contributed by atoms with Crippen molar-refractivity contribution >= 4 is 23.1 Å². The SMILES string of the molecule is CCCOc1cccc(N2C(=O)C(=O)/C(=C(/O)c3cc(C)ccc3C)C2c2cccc(OC)c2)c1. The molecule has 3 aromatic carbocycles. The van der Waals surface area contributed by atoms with Crippen molar-refractivity contribution in [2.75, 3.05) is 18.6 Å². The number of hydrogen-bond donors (Lipinski definition) is 1. The van der Waals surface area contributed by atoms with Crippen LogP contribution < -0.4 is 14.4 Å². The second kappa shape index (κ2) is 10.1. The smallest absolute Gasteiger partial charge is 0.300 e. The van der Waals surface area contributed by atoms with Crippen LogP contribution in [-0.4, -0.2) is 30.5 Å². The summed E-state index contributed by atoms with van der Waals surface area (Å²) in [5.41, 5.74) is 3.46. The maximum atomic E-state index is 13.4. The number of rotatable bonds is 7. The Kier molecular flexibility index (Phi) is 6.92. The molecule has 0 radical (unpaired) electrons. The third-order valence-corrected chi connectivity index (χ3v) is 6.07. The molecule has 1 aliphatic rings. The number of anilines is 1. The van der Waals surface area contributed by atoms with E-state index < -0.39 is 17.7 Å². The number of aliphatic hydroxyl groups excluding tert-OH is 1. The lowest BCUT2D eigenvalue weighted by atomic mass is 9.93. The molecule has 0 saturated carbocycles. The Morgan fingerprint density at radius 2 is 1.71 bits per heavy atom. The highest BCUT2D eigenvalue weighted by molar-refractivity contribution is 6.51. The molecule has 1 N–H and O–H groups in total. The van der Waals surface area contributed by atoms with Crippen molar-refractivity contribution in [2.45, 2.75) is 33.2 Å². The lowest BCUT2D eigenvalue weighted by Gasteiger charge is -2.26. The number of carbonyl (C=O) groups is 2. The van der Waals surface area contributed by atoms with E-state index in [1.54, 1.807) is 43.5 Å². The highest BCUT2D eigenvalue weighted by Crippen LogP contribution is 2.43. The van der Waals surface area contributed by atoms with Crippen molar-refractivity contribution in [3.63, 3.8) is 0 Å². The van der Waals surface area contributed by atoms with Gasteiger partial charge in [-0.05, 0) is 61.7 Å². The summed E-state index contributed by atoms with van der Waals surface area (Å²) < 4.78 is 11.2. The number of hydrogen-bond acceptors (Lipinski definition) is 5. The fraction of sp³-hybridized carbons (Fsp3) is 0.241. The Labute approximate surface area is 205 Å². The zero-order valence-corrected chi connectivity index (χ0v) is 20.4. The molecular formula is C29H29NO5. The van der Waals surface area contributed by atoms with Crippen molar-refractivity contribution in [3.05, 3.63) is 94.6 Å². The van der Waals surface area contributed by atoms with Gasteiger partial charge in [-0.25, -0.2) is 0 Å². The Hall–Kier alpha value is -4.06. The molecule has 1 atom stereocenters. The van der Waals surface area contributed by atoms with E-state index in [9.17, 15) is 14.7 Å². The first kappa shape index (κ1) is 24.1. The number of Topliss-reactive ketones (excluding diaryl/α,β-unsaturated/α-hetero) is 1. The zero-order valence-electron chi connectivity index (χ0n) is 20.4. The number of methoxy groups -OCH3 is 1. The third-order valence-electron chi connectivity index (χ3n) is 6.07. The summed E-state index contributed by atoms with van der Waals surface area (Å²) in [7, 11) is 1.56. The fourth-order valence-corrected chi connectivity index (χ4v) is 4.30. The number of carbonyl (C=O) groups excluding carboxylic acids is 2. The Morgan fingerprint density at radius 3 is 2.46 bits per heavy atom. The van der Waals surface area contributed by atoms with Crippen LogP contribution in [-0.2, 0) is 9.59 Å². The molecule has 0 bridgehead atoms. The van der Waals surface area contributed by atoms with Gasteiger partial charge in [0, 0.05) is 17.3 Å². The van der Waals surface area contributed by atoms with Crippen molar-refractivity contribution in [1.82, 2.24) is 0 Å². The number of ether oxygens (including phenoxy) is 2. The molecule has 1 unspecified atom stereocenters. The van der Waals surface area contributed by atoms with Gasteiger partial charge in [0.15, 0.2) is 0 Å². The van der Waals surface area contributed by atoms with Gasteiger partial charge in [-0.3, -0.25) is 14.5 Å². The molecule has 1 heterocycles. The molecule has 35 heavy (non-hydrogen) atoms. The summed E-state index contributed by atoms with van der Waals surface area (Å²) >= 11 is 0. The molecular weight excluding hydrogens is 442 g/mol. The molecule has 0 spiro atoms. The quantitative estimate of drug-likeness (QED) is 0.271. The Bertz CT molecular complexity index is 1310. The van der Waals surface area contributed by atoms with Gasteiger partial charge in [0.05, 0.1) is 25.3 Å². The molecule has 6 nitrogen and oxygen atoms in total. The minimum absolute atomic E-state index is 0.0387. The largest absolute Gasteiger partial charge is 0.507 e. The predicted molar refractivity (Wildman–Crippen MR) is 136 cm³/mol. The maximum absolute atomic E-state index is 13.4. The highest BCUT2D eigenvalue weighted by atomic mass is 16.5. The minimum Gasteiger partial charge on any atom is -0.507 e. The maximum Gasteiger partial charge on any atom is 0.300 e. The van der Waals surface area contributed by atoms with Crippen LogP contribution in [0.2, 0.25) is 0 Å². The second-order valence-electron chi connectivity index (χ2n) is 8.61. The Morgan fingerprint density at radius 1 is 0.971 bits per heavy atom. The van der Waals surface area contributed by atoms with Gasteiger partial charge in [0.25, 0.3) is 11.7 Å². The van der Waals surface area contributed by atoms with E-state index in [1.165, 1.54) is 4.90 Å². The summed E-state index contributed by atoms with van der Waals surface area (Å²) in [6.07, 6.45) is 0.842. The number of aryl methyl sites for hydroxylation is 2. The molecule has 1 aliphatic heterocycles. The lowest BCUT2D eigenvalue weighted by Crippen LogP contribution is -2.29. The van der Waals surface area contributed by atoms with E-state index in [0.717, 1.165) is 17.5 Å². The molecule has 6 heteroatoms. The van der Waals surface area contributed by atoms with Crippen LogP contribution in [0, 0.1) is 13.8 Å². The Balaban J connectivity index is 1.94. The van der Waals surface area contributed by atoms with Crippen molar-refractivity contribution in [1.29, 1.82) is 0 Å². The van der Waals surface area contributed by atoms with E-state index in [-0.39, 0.29) is 11.3 Å². The van der Waals surface area contributed by atoms with Gasteiger partial charge >= 0.3 is 0 Å². The zero-order chi connectivity index (χ0) is 25.1. The van der Waals surface area contributed by atoms with Gasteiger partial charge in [-0.15, -0.1) is 0 Å². The van der Waals surface area contributed by atoms with Crippen LogP contribution in [0.4, 0.5) is 5.69 Å². The average Bonchev–Trinajstić information content (AvgIpc) is 3.14. The van der Waals surface area contributed by atoms with Gasteiger partial charge < -0.3 is 14.6 Å². The summed E-state index contributed by atoms with van der Waals surface area (Å²) in [4.78, 5) is 28.3. The van der Waals surface area contributed by atoms with Gasteiger partial charge in [-0.2, -0.15) is 0 Å². The molecule has 0 aromatic heterocycles. The third kappa shape index (κ3) is 4.64. The number of ketones is 1. The fourth-order valence-electron chi connectivity index (χ4n) is 4.30. The molecule has 3 aromatic rings. The van der Waals surface area contributed by atoms with E-state index in [1.807, 2.05) is 51.1 Å². The van der Waals surface area contributed by atoms with Gasteiger partial charge in [0.2, 0.25) is 0 Å². The standard InChI is InChI=1S/C29H29NO5/c1-5-14-35-23-11-7-9-21(17-23)30-26(20-8-6-10-22(16-20)34-4)25(28(32)29(30)33)27(31)24-15-18(2)12-13-19(24)3/h6-13,15-17,26,31H,5,14H2,1-4H3/b27-25+. The molecule has 1 fully saturated rings. The first-order valence-electron chi connectivity index (χ1n) is 11.6. The first-order valence-corrected chi connectivity index (χ1v) is 11.6. The van der Waals surface area contributed by atoms with Crippen LogP contribution in [0.15, 0.2) is 72.3 Å². The monoisotopic (exact) mass is 471 g/mol. The van der Waals surface area contributed by atoms with Crippen LogP contribution >= 0.6 is 0 Å². The topological polar surface area (TPSA) is 76.1 Å². The van der Waals surface area contributed by atoms with Crippen LogP contribution in [0.25, 0.3) is 5.76 Å². The molecule has 180 valence electrons. The van der Waals surface area contributed by atoms with Crippen molar-refractivity contribution in [2.24, 2.45) is 0 Å². The highest BCUT2D eigenvalue weighted by Gasteiger charge is 2.47. The minimum atomic E-state index is -0.841. The first-order chi connectivity index (χ1) is 16.8. The van der Waals surface area contributed by atoms with Crippen LogP contribution in [0.5, 0.6) is 11.5 Å². The van der Waals surface area contributed by atoms with E-state index in [0.29, 0.717) is 34.9 Å².